The quantitative estimate of drug-likeness (QED) is 0.0441. The molecule has 1 aliphatic rings. The molecule has 1 saturated heterocycles. The number of ketones is 1. The Labute approximate surface area is 259 Å². The minimum absolute atomic E-state index is 0.0159. The molecule has 1 N–H and O–H groups in total. The van der Waals surface area contributed by atoms with Gasteiger partial charge in [-0.15, -0.1) is 10.2 Å². The molecule has 0 radical (unpaired) electrons. The van der Waals surface area contributed by atoms with Crippen LogP contribution >= 0.6 is 23.1 Å². The van der Waals surface area contributed by atoms with Gasteiger partial charge in [-0.05, 0) is 67.8 Å². The van der Waals surface area contributed by atoms with Gasteiger partial charge in [0.2, 0.25) is 5.13 Å². The molecule has 8 nitrogen and oxygen atoms in total. The lowest BCUT2D eigenvalue weighted by Gasteiger charge is -2.22. The van der Waals surface area contributed by atoms with Crippen molar-refractivity contribution in [3.05, 3.63) is 101 Å². The zero-order valence-corrected chi connectivity index (χ0v) is 25.9. The molecule has 1 atom stereocenters. The highest BCUT2D eigenvalue weighted by Crippen LogP contribution is 2.44. The lowest BCUT2D eigenvalue weighted by Crippen LogP contribution is -2.29. The molecular formula is C33H33N3O5S2. The van der Waals surface area contributed by atoms with Crippen molar-refractivity contribution >= 4 is 45.7 Å². The minimum Gasteiger partial charge on any atom is -0.507 e. The number of aliphatic hydroxyl groups is 1. The van der Waals surface area contributed by atoms with E-state index < -0.39 is 17.7 Å². The van der Waals surface area contributed by atoms with Gasteiger partial charge in [-0.2, -0.15) is 0 Å². The van der Waals surface area contributed by atoms with E-state index in [0.717, 1.165) is 18.4 Å². The monoisotopic (exact) mass is 615 g/mol. The van der Waals surface area contributed by atoms with Gasteiger partial charge in [0.1, 0.15) is 17.3 Å². The van der Waals surface area contributed by atoms with Crippen molar-refractivity contribution in [2.24, 2.45) is 0 Å². The first-order valence-corrected chi connectivity index (χ1v) is 16.0. The largest absolute Gasteiger partial charge is 0.507 e. The van der Waals surface area contributed by atoms with Crippen molar-refractivity contribution in [1.29, 1.82) is 0 Å². The predicted octanol–water partition coefficient (Wildman–Crippen LogP) is 7.34. The van der Waals surface area contributed by atoms with Crippen molar-refractivity contribution in [3.8, 4) is 11.5 Å². The summed E-state index contributed by atoms with van der Waals surface area (Å²) in [7, 11) is 0. The summed E-state index contributed by atoms with van der Waals surface area (Å²) in [6, 6.07) is 21.4. The average molecular weight is 616 g/mol. The molecule has 0 aliphatic carbocycles. The lowest BCUT2D eigenvalue weighted by atomic mass is 9.95. The Kier molecular flexibility index (Phi) is 9.79. The molecule has 222 valence electrons. The molecule has 1 aromatic heterocycles. The Morgan fingerprint density at radius 3 is 2.28 bits per heavy atom. The van der Waals surface area contributed by atoms with Crippen LogP contribution in [0.3, 0.4) is 0 Å². The molecule has 1 unspecified atom stereocenters. The van der Waals surface area contributed by atoms with Gasteiger partial charge >= 0.3 is 5.91 Å². The maximum absolute atomic E-state index is 13.5. The summed E-state index contributed by atoms with van der Waals surface area (Å²) in [6.45, 7) is 7.13. The third-order valence-corrected chi connectivity index (χ3v) is 9.06. The number of Topliss-reactive ketones (excluding diaryl/α,β-unsaturated/α-hetero) is 1. The molecule has 2 heterocycles. The van der Waals surface area contributed by atoms with E-state index in [1.807, 2.05) is 13.8 Å². The fourth-order valence-corrected chi connectivity index (χ4v) is 6.47. The second-order valence-electron chi connectivity index (χ2n) is 10.0. The summed E-state index contributed by atoms with van der Waals surface area (Å²) in [5.41, 5.74) is 3.35. The van der Waals surface area contributed by atoms with Crippen LogP contribution in [0.5, 0.6) is 11.5 Å². The molecule has 10 heteroatoms. The summed E-state index contributed by atoms with van der Waals surface area (Å²) >= 11 is 2.75. The number of rotatable bonds is 12. The second kappa shape index (κ2) is 13.9. The molecule has 43 heavy (non-hydrogen) atoms. The van der Waals surface area contributed by atoms with Gasteiger partial charge in [-0.25, -0.2) is 0 Å². The molecule has 3 aromatic carbocycles. The zero-order chi connectivity index (χ0) is 30.3. The number of aromatic nitrogens is 2. The highest BCUT2D eigenvalue weighted by Gasteiger charge is 2.48. The first kappa shape index (κ1) is 30.3. The van der Waals surface area contributed by atoms with E-state index in [1.165, 1.54) is 33.6 Å². The summed E-state index contributed by atoms with van der Waals surface area (Å²) in [4.78, 5) is 28.4. The minimum atomic E-state index is -0.904. The molecular weight excluding hydrogens is 583 g/mol. The SMILES string of the molecule is CCCCOc1ccc(/C(O)=C2/C(=O)C(=O)N(c3nnc(SCc4ccc(C)cc4)s3)C2c2ccc(OCC)cc2)cc1. The third kappa shape index (κ3) is 6.92. The van der Waals surface area contributed by atoms with Gasteiger partial charge in [0.05, 0.1) is 24.8 Å². The number of carbonyl (C=O) groups excluding carboxylic acids is 2. The van der Waals surface area contributed by atoms with Crippen LogP contribution in [0.4, 0.5) is 5.13 Å². The van der Waals surface area contributed by atoms with Gasteiger partial charge in [0.25, 0.3) is 5.78 Å². The van der Waals surface area contributed by atoms with Gasteiger partial charge < -0.3 is 14.6 Å². The van der Waals surface area contributed by atoms with Crippen molar-refractivity contribution in [3.63, 3.8) is 0 Å². The Balaban J connectivity index is 1.48. The highest BCUT2D eigenvalue weighted by molar-refractivity contribution is 8.00. The number of thioether (sulfide) groups is 1. The van der Waals surface area contributed by atoms with E-state index in [4.69, 9.17) is 9.47 Å². The van der Waals surface area contributed by atoms with Gasteiger partial charge in [0.15, 0.2) is 4.34 Å². The van der Waals surface area contributed by atoms with E-state index in [-0.39, 0.29) is 16.5 Å². The molecule has 0 saturated carbocycles. The molecule has 4 aromatic rings. The molecule has 0 spiro atoms. The van der Waals surface area contributed by atoms with Crippen LogP contribution in [0.2, 0.25) is 0 Å². The summed E-state index contributed by atoms with van der Waals surface area (Å²) in [5.74, 6) is 0.188. The number of carbonyl (C=O) groups is 2. The number of hydrogen-bond acceptors (Lipinski definition) is 9. The Morgan fingerprint density at radius 1 is 0.930 bits per heavy atom. The smallest absolute Gasteiger partial charge is 0.301 e. The zero-order valence-electron chi connectivity index (χ0n) is 24.3. The van der Waals surface area contributed by atoms with E-state index in [1.54, 1.807) is 48.5 Å². The number of aliphatic hydroxyl groups excluding tert-OH is 1. The lowest BCUT2D eigenvalue weighted by molar-refractivity contribution is -0.132. The number of anilines is 1. The second-order valence-corrected chi connectivity index (χ2v) is 12.2. The van der Waals surface area contributed by atoms with Crippen LogP contribution in [0.1, 0.15) is 55.0 Å². The van der Waals surface area contributed by atoms with Gasteiger partial charge in [0, 0.05) is 11.3 Å². The first-order chi connectivity index (χ1) is 20.9. The number of nitrogens with zero attached hydrogens (tertiary/aromatic N) is 3. The number of hydrogen-bond donors (Lipinski definition) is 1. The molecule has 5 rings (SSSR count). The fourth-order valence-electron chi connectivity index (χ4n) is 4.64. The predicted molar refractivity (Wildman–Crippen MR) is 170 cm³/mol. The molecule has 1 fully saturated rings. The number of aryl methyl sites for hydroxylation is 1. The number of ether oxygens (including phenoxy) is 2. The van der Waals surface area contributed by atoms with Crippen LogP contribution in [0.15, 0.2) is 82.7 Å². The third-order valence-electron chi connectivity index (χ3n) is 6.93. The Hall–Kier alpha value is -4.15. The summed E-state index contributed by atoms with van der Waals surface area (Å²) in [6.07, 6.45) is 1.96. The van der Waals surface area contributed by atoms with Crippen LogP contribution in [-0.4, -0.2) is 40.2 Å². The normalized spacial score (nSPS) is 16.1. The highest BCUT2D eigenvalue weighted by atomic mass is 32.2. The summed E-state index contributed by atoms with van der Waals surface area (Å²) < 4.78 is 12.0. The Morgan fingerprint density at radius 2 is 1.60 bits per heavy atom. The average Bonchev–Trinajstić information content (AvgIpc) is 3.59. The van der Waals surface area contributed by atoms with E-state index in [0.29, 0.717) is 45.9 Å². The van der Waals surface area contributed by atoms with E-state index >= 15 is 0 Å². The molecule has 0 bridgehead atoms. The van der Waals surface area contributed by atoms with Crippen molar-refractivity contribution in [1.82, 2.24) is 10.2 Å². The fraction of sp³-hybridized carbons (Fsp3) is 0.273. The van der Waals surface area contributed by atoms with Crippen LogP contribution < -0.4 is 14.4 Å². The van der Waals surface area contributed by atoms with Gasteiger partial charge in [-0.3, -0.25) is 14.5 Å². The van der Waals surface area contributed by atoms with Crippen LogP contribution in [0, 0.1) is 6.92 Å². The van der Waals surface area contributed by atoms with Gasteiger partial charge in [-0.1, -0.05) is 78.4 Å². The standard InChI is InChI=1S/C33H33N3O5S2/c1-4-6-19-41-26-17-13-24(14-18-26)29(37)27-28(23-11-15-25(16-12-23)40-5-2)36(31(39)30(27)38)32-34-35-33(43-32)42-20-22-9-7-21(3)8-10-22/h7-18,28,37H,4-6,19-20H2,1-3H3/b29-27-. The number of unbranched alkanes of at least 4 members (excludes halogenated alkanes) is 1. The van der Waals surface area contributed by atoms with E-state index in [9.17, 15) is 14.7 Å². The van der Waals surface area contributed by atoms with E-state index in [2.05, 4.69) is 41.4 Å². The topological polar surface area (TPSA) is 102 Å². The molecule has 1 amide bonds. The number of amides is 1. The van der Waals surface area contributed by atoms with Crippen LogP contribution in [0.25, 0.3) is 5.76 Å². The maximum atomic E-state index is 13.5. The maximum Gasteiger partial charge on any atom is 0.301 e. The van der Waals surface area contributed by atoms with Crippen LogP contribution in [-0.2, 0) is 15.3 Å². The summed E-state index contributed by atoms with van der Waals surface area (Å²) in [5, 5.41) is 20.3. The first-order valence-electron chi connectivity index (χ1n) is 14.2. The Bertz CT molecular complexity index is 1600. The van der Waals surface area contributed by atoms with Crippen molar-refractivity contribution < 1.29 is 24.2 Å². The van der Waals surface area contributed by atoms with Crippen molar-refractivity contribution in [2.75, 3.05) is 18.1 Å². The van der Waals surface area contributed by atoms with Crippen molar-refractivity contribution in [2.45, 2.75) is 49.7 Å². The molecule has 1 aliphatic heterocycles. The number of benzene rings is 3.